The van der Waals surface area contributed by atoms with Gasteiger partial charge in [0.05, 0.1) is 19.1 Å². The van der Waals surface area contributed by atoms with Gasteiger partial charge in [0.1, 0.15) is 5.82 Å². The summed E-state index contributed by atoms with van der Waals surface area (Å²) in [5.41, 5.74) is 0.633. The Morgan fingerprint density at radius 3 is 2.35 bits per heavy atom. The van der Waals surface area contributed by atoms with Gasteiger partial charge in [-0.3, -0.25) is 0 Å². The summed E-state index contributed by atoms with van der Waals surface area (Å²) in [5.74, 6) is 1.31. The van der Waals surface area contributed by atoms with Gasteiger partial charge in [0.15, 0.2) is 17.3 Å². The topological polar surface area (TPSA) is 94.8 Å². The minimum absolute atomic E-state index is 0.0187. The van der Waals surface area contributed by atoms with Crippen LogP contribution in [0.2, 0.25) is 0 Å². The molecule has 1 fully saturated rings. The first-order chi connectivity index (χ1) is 14.9. The summed E-state index contributed by atoms with van der Waals surface area (Å²) >= 11 is 0. The zero-order valence-corrected chi connectivity index (χ0v) is 17.9. The van der Waals surface area contributed by atoms with E-state index in [9.17, 15) is 12.8 Å². The predicted octanol–water partition coefficient (Wildman–Crippen LogP) is 3.46. The molecule has 0 spiro atoms. The molecule has 0 radical (unpaired) electrons. The number of piperidine rings is 1. The fourth-order valence-corrected chi connectivity index (χ4v) is 5.08. The summed E-state index contributed by atoms with van der Waals surface area (Å²) in [6.45, 7) is 0.670. The van der Waals surface area contributed by atoms with E-state index in [0.29, 0.717) is 54.7 Å². The molecular weight excluding hydrogens is 425 g/mol. The molecule has 0 saturated carbocycles. The van der Waals surface area contributed by atoms with Gasteiger partial charge in [-0.2, -0.15) is 9.29 Å². The van der Waals surface area contributed by atoms with Crippen LogP contribution in [0.4, 0.5) is 4.39 Å². The Labute approximate surface area is 179 Å². The third-order valence-corrected chi connectivity index (χ3v) is 7.24. The summed E-state index contributed by atoms with van der Waals surface area (Å²) in [4.78, 5) is 4.58. The molecule has 1 aromatic heterocycles. The molecule has 1 aliphatic heterocycles. The van der Waals surface area contributed by atoms with Crippen molar-refractivity contribution < 1.29 is 26.8 Å². The van der Waals surface area contributed by atoms with Crippen LogP contribution in [0.25, 0.3) is 11.5 Å². The Hall–Kier alpha value is -2.98. The summed E-state index contributed by atoms with van der Waals surface area (Å²) < 4.78 is 56.4. The van der Waals surface area contributed by atoms with Crippen molar-refractivity contribution in [2.75, 3.05) is 27.3 Å². The number of benzene rings is 2. The maximum absolute atomic E-state index is 13.1. The molecule has 0 amide bonds. The fourth-order valence-electron chi connectivity index (χ4n) is 3.59. The third kappa shape index (κ3) is 4.26. The van der Waals surface area contributed by atoms with Gasteiger partial charge in [0.25, 0.3) is 5.89 Å². The second-order valence-electron chi connectivity index (χ2n) is 7.16. The van der Waals surface area contributed by atoms with Crippen LogP contribution in [0, 0.1) is 5.82 Å². The van der Waals surface area contributed by atoms with E-state index in [4.69, 9.17) is 14.0 Å². The second-order valence-corrected chi connectivity index (χ2v) is 9.10. The lowest BCUT2D eigenvalue weighted by atomic mass is 9.97. The molecule has 0 bridgehead atoms. The maximum Gasteiger partial charge on any atom is 0.257 e. The lowest BCUT2D eigenvalue weighted by Crippen LogP contribution is -2.38. The van der Waals surface area contributed by atoms with Gasteiger partial charge in [-0.1, -0.05) is 5.16 Å². The molecule has 0 atom stereocenters. The van der Waals surface area contributed by atoms with Crippen LogP contribution in [0.1, 0.15) is 24.6 Å². The fraction of sp³-hybridized carbons (Fsp3) is 0.333. The lowest BCUT2D eigenvalue weighted by Gasteiger charge is -2.29. The van der Waals surface area contributed by atoms with Crippen LogP contribution < -0.4 is 9.47 Å². The van der Waals surface area contributed by atoms with Crippen molar-refractivity contribution in [3.63, 3.8) is 0 Å². The largest absolute Gasteiger partial charge is 0.493 e. The Morgan fingerprint density at radius 2 is 1.71 bits per heavy atom. The van der Waals surface area contributed by atoms with Gasteiger partial charge >= 0.3 is 0 Å². The van der Waals surface area contributed by atoms with Crippen molar-refractivity contribution in [3.8, 4) is 23.0 Å². The quantitative estimate of drug-likeness (QED) is 0.571. The second kappa shape index (κ2) is 8.64. The number of hydrogen-bond donors (Lipinski definition) is 0. The van der Waals surface area contributed by atoms with E-state index in [-0.39, 0.29) is 16.6 Å². The van der Waals surface area contributed by atoms with Crippen molar-refractivity contribution in [1.29, 1.82) is 0 Å². The van der Waals surface area contributed by atoms with Crippen molar-refractivity contribution in [3.05, 3.63) is 54.1 Å². The van der Waals surface area contributed by atoms with Crippen LogP contribution >= 0.6 is 0 Å². The van der Waals surface area contributed by atoms with E-state index in [0.717, 1.165) is 0 Å². The molecule has 0 N–H and O–H groups in total. The van der Waals surface area contributed by atoms with Crippen molar-refractivity contribution in [2.24, 2.45) is 0 Å². The van der Waals surface area contributed by atoms with Crippen LogP contribution in [-0.4, -0.2) is 50.2 Å². The lowest BCUT2D eigenvalue weighted by molar-refractivity contribution is 0.306. The summed E-state index contributed by atoms with van der Waals surface area (Å²) in [7, 11) is -0.710. The highest BCUT2D eigenvalue weighted by Crippen LogP contribution is 2.34. The van der Waals surface area contributed by atoms with E-state index in [1.165, 1.54) is 42.8 Å². The van der Waals surface area contributed by atoms with Crippen LogP contribution in [-0.2, 0) is 10.0 Å². The molecule has 0 aliphatic carbocycles. The average Bonchev–Trinajstić information content (AvgIpc) is 3.29. The third-order valence-electron chi connectivity index (χ3n) is 5.34. The zero-order valence-electron chi connectivity index (χ0n) is 17.1. The van der Waals surface area contributed by atoms with Crippen molar-refractivity contribution >= 4 is 10.0 Å². The summed E-state index contributed by atoms with van der Waals surface area (Å²) in [6, 6.07) is 10.4. The number of hydrogen-bond acceptors (Lipinski definition) is 7. The molecule has 1 saturated heterocycles. The van der Waals surface area contributed by atoms with E-state index < -0.39 is 10.0 Å². The normalized spacial score (nSPS) is 15.7. The Kier molecular flexibility index (Phi) is 5.92. The molecule has 3 aromatic rings. The number of rotatable bonds is 6. The first kappa shape index (κ1) is 21.3. The highest BCUT2D eigenvalue weighted by atomic mass is 32.2. The molecule has 10 heteroatoms. The van der Waals surface area contributed by atoms with Crippen molar-refractivity contribution in [2.45, 2.75) is 23.7 Å². The number of methoxy groups -OCH3 is 2. The van der Waals surface area contributed by atoms with Gasteiger partial charge in [0, 0.05) is 30.6 Å². The number of halogens is 1. The molecule has 0 unspecified atom stereocenters. The van der Waals surface area contributed by atoms with Gasteiger partial charge in [-0.05, 0) is 49.2 Å². The molecule has 31 heavy (non-hydrogen) atoms. The highest BCUT2D eigenvalue weighted by molar-refractivity contribution is 7.89. The van der Waals surface area contributed by atoms with Gasteiger partial charge in [-0.25, -0.2) is 12.8 Å². The monoisotopic (exact) mass is 447 g/mol. The Morgan fingerprint density at radius 1 is 1.03 bits per heavy atom. The minimum atomic E-state index is -3.67. The number of ether oxygens (including phenoxy) is 2. The first-order valence-corrected chi connectivity index (χ1v) is 11.2. The SMILES string of the molecule is COc1ccc(S(=O)(=O)N2CCC(c3noc(-c4ccc(F)cc4)n3)CC2)cc1OC. The molecule has 164 valence electrons. The van der Waals surface area contributed by atoms with Crippen LogP contribution in [0.3, 0.4) is 0 Å². The van der Waals surface area contributed by atoms with Crippen LogP contribution in [0.15, 0.2) is 51.9 Å². The average molecular weight is 447 g/mol. The standard InChI is InChI=1S/C21H22FN3O5S/c1-28-18-8-7-17(13-19(18)29-2)31(26,27)25-11-9-14(10-12-25)20-23-21(30-24-20)15-3-5-16(22)6-4-15/h3-8,13-14H,9-12H2,1-2H3. The van der Waals surface area contributed by atoms with Crippen LogP contribution in [0.5, 0.6) is 11.5 Å². The molecule has 1 aliphatic rings. The van der Waals surface area contributed by atoms with E-state index in [1.807, 2.05) is 0 Å². The molecule has 8 nitrogen and oxygen atoms in total. The Balaban J connectivity index is 1.45. The number of aromatic nitrogens is 2. The molecule has 2 aromatic carbocycles. The van der Waals surface area contributed by atoms with Gasteiger partial charge in [0.2, 0.25) is 10.0 Å². The maximum atomic E-state index is 13.1. The summed E-state index contributed by atoms with van der Waals surface area (Å²) in [5, 5.41) is 4.05. The minimum Gasteiger partial charge on any atom is -0.493 e. The zero-order chi connectivity index (χ0) is 22.0. The van der Waals surface area contributed by atoms with Gasteiger partial charge in [-0.15, -0.1) is 0 Å². The molecule has 2 heterocycles. The molecule has 4 rings (SSSR count). The Bertz CT molecular complexity index is 1160. The molecular formula is C21H22FN3O5S. The van der Waals surface area contributed by atoms with E-state index in [2.05, 4.69) is 10.1 Å². The predicted molar refractivity (Wildman–Crippen MR) is 110 cm³/mol. The van der Waals surface area contributed by atoms with Gasteiger partial charge < -0.3 is 14.0 Å². The highest BCUT2D eigenvalue weighted by Gasteiger charge is 2.32. The first-order valence-electron chi connectivity index (χ1n) is 9.74. The number of sulfonamides is 1. The smallest absolute Gasteiger partial charge is 0.257 e. The number of nitrogens with zero attached hydrogens (tertiary/aromatic N) is 3. The van der Waals surface area contributed by atoms with Crippen molar-refractivity contribution in [1.82, 2.24) is 14.4 Å². The summed E-state index contributed by atoms with van der Waals surface area (Å²) in [6.07, 6.45) is 1.13. The van der Waals surface area contributed by atoms with E-state index >= 15 is 0 Å². The van der Waals surface area contributed by atoms with E-state index in [1.54, 1.807) is 18.2 Å².